The number of halogens is 1. The molecule has 0 radical (unpaired) electrons. The molecule has 2 rings (SSSR count). The van der Waals surface area contributed by atoms with Crippen molar-refractivity contribution in [2.75, 3.05) is 0 Å². The van der Waals surface area contributed by atoms with Crippen LogP contribution in [0.4, 0.5) is 0 Å². The van der Waals surface area contributed by atoms with Gasteiger partial charge < -0.3 is 5.73 Å². The Hall–Kier alpha value is -0.0200. The van der Waals surface area contributed by atoms with E-state index in [4.69, 9.17) is 18.0 Å². The Bertz CT molecular complexity index is 605. The number of sulfonamides is 1. The monoisotopic (exact) mass is 410 g/mol. The van der Waals surface area contributed by atoms with Crippen LogP contribution < -0.4 is 10.5 Å². The summed E-state index contributed by atoms with van der Waals surface area (Å²) in [6, 6.07) is 3.32. The number of nitrogens with two attached hydrogens (primary N) is 1. The summed E-state index contributed by atoms with van der Waals surface area (Å²) in [5.74, 6) is 0. The van der Waals surface area contributed by atoms with Crippen LogP contribution in [-0.2, 0) is 10.0 Å². The van der Waals surface area contributed by atoms with Gasteiger partial charge in [0.05, 0.1) is 14.3 Å². The minimum absolute atomic E-state index is 0.253. The molecular weight excluding hydrogens is 392 g/mol. The molecule has 3 N–H and O–H groups in total. The lowest BCUT2D eigenvalue weighted by molar-refractivity contribution is 0.372. The normalized spacial score (nSPS) is 19.7. The van der Waals surface area contributed by atoms with Gasteiger partial charge in [0.25, 0.3) is 10.0 Å². The lowest BCUT2D eigenvalue weighted by Gasteiger charge is -2.34. The topological polar surface area (TPSA) is 72.2 Å². The van der Waals surface area contributed by atoms with E-state index in [1.54, 1.807) is 12.1 Å². The fourth-order valence-electron chi connectivity index (χ4n) is 2.66. The maximum Gasteiger partial charge on any atom is 0.250 e. The van der Waals surface area contributed by atoms with Crippen LogP contribution in [0.15, 0.2) is 20.1 Å². The molecule has 8 heteroatoms. The molecular formula is C13H19BrN2O2S3. The number of rotatable bonds is 4. The predicted octanol–water partition coefficient (Wildman–Crippen LogP) is 3.56. The molecule has 0 aliphatic heterocycles. The smallest absolute Gasteiger partial charge is 0.250 e. The highest BCUT2D eigenvalue weighted by molar-refractivity contribution is 9.11. The summed E-state index contributed by atoms with van der Waals surface area (Å²) in [7, 11) is -3.60. The molecule has 1 saturated carbocycles. The summed E-state index contributed by atoms with van der Waals surface area (Å²) in [6.07, 6.45) is 6.61. The summed E-state index contributed by atoms with van der Waals surface area (Å²) in [6.45, 7) is 0. The number of hydrogen-bond donors (Lipinski definition) is 2. The Kier molecular flexibility index (Phi) is 5.81. The number of hydrogen-bond acceptors (Lipinski definition) is 4. The Morgan fingerprint density at radius 3 is 2.29 bits per heavy atom. The van der Waals surface area contributed by atoms with Crippen molar-refractivity contribution < 1.29 is 8.42 Å². The second-order valence-electron chi connectivity index (χ2n) is 5.38. The van der Waals surface area contributed by atoms with Crippen molar-refractivity contribution in [3.8, 4) is 0 Å². The third kappa shape index (κ3) is 4.25. The van der Waals surface area contributed by atoms with E-state index in [9.17, 15) is 8.42 Å². The summed E-state index contributed by atoms with van der Waals surface area (Å²) < 4.78 is 29.0. The van der Waals surface area contributed by atoms with Crippen molar-refractivity contribution in [1.29, 1.82) is 0 Å². The molecule has 0 unspecified atom stereocenters. The second-order valence-corrected chi connectivity index (χ2v) is 10.2. The molecule has 0 atom stereocenters. The van der Waals surface area contributed by atoms with Gasteiger partial charge in [0.15, 0.2) is 0 Å². The van der Waals surface area contributed by atoms with Crippen molar-refractivity contribution in [2.45, 2.75) is 54.7 Å². The van der Waals surface area contributed by atoms with E-state index < -0.39 is 15.6 Å². The minimum Gasteiger partial charge on any atom is -0.392 e. The van der Waals surface area contributed by atoms with E-state index in [2.05, 4.69) is 20.7 Å². The zero-order valence-electron chi connectivity index (χ0n) is 11.6. The van der Waals surface area contributed by atoms with Crippen LogP contribution in [0.1, 0.15) is 44.9 Å². The summed E-state index contributed by atoms with van der Waals surface area (Å²) >= 11 is 9.68. The molecule has 1 aliphatic carbocycles. The number of nitrogens with one attached hydrogen (secondary N) is 1. The van der Waals surface area contributed by atoms with Crippen molar-refractivity contribution in [3.05, 3.63) is 15.9 Å². The van der Waals surface area contributed by atoms with Gasteiger partial charge in [0, 0.05) is 0 Å². The quantitative estimate of drug-likeness (QED) is 0.744. The van der Waals surface area contributed by atoms with Gasteiger partial charge in [0.1, 0.15) is 4.21 Å². The van der Waals surface area contributed by atoms with Gasteiger partial charge in [-0.05, 0) is 40.9 Å². The first-order valence-electron chi connectivity index (χ1n) is 6.95. The van der Waals surface area contributed by atoms with Crippen molar-refractivity contribution in [1.82, 2.24) is 4.72 Å². The van der Waals surface area contributed by atoms with Gasteiger partial charge in [0.2, 0.25) is 0 Å². The lowest BCUT2D eigenvalue weighted by atomic mass is 9.85. The molecule has 1 aliphatic rings. The summed E-state index contributed by atoms with van der Waals surface area (Å²) in [4.78, 5) is 0.253. The molecule has 0 spiro atoms. The van der Waals surface area contributed by atoms with Gasteiger partial charge in [-0.25, -0.2) is 8.42 Å². The van der Waals surface area contributed by atoms with Gasteiger partial charge >= 0.3 is 0 Å². The zero-order valence-corrected chi connectivity index (χ0v) is 15.6. The Balaban J connectivity index is 2.28. The molecule has 118 valence electrons. The zero-order chi connectivity index (χ0) is 15.5. The van der Waals surface area contributed by atoms with Gasteiger partial charge in [-0.2, -0.15) is 4.72 Å². The SMILES string of the molecule is NC(=S)C1(NS(=O)(=O)c2ccc(Br)s2)CCCCCCC1. The van der Waals surface area contributed by atoms with E-state index in [0.29, 0.717) is 12.8 Å². The third-order valence-corrected chi connectivity index (χ3v) is 7.86. The van der Waals surface area contributed by atoms with Crippen molar-refractivity contribution in [2.24, 2.45) is 5.73 Å². The molecule has 0 bridgehead atoms. The lowest BCUT2D eigenvalue weighted by Crippen LogP contribution is -2.56. The van der Waals surface area contributed by atoms with Crippen LogP contribution in [0.2, 0.25) is 0 Å². The Labute approximate surface area is 143 Å². The Morgan fingerprint density at radius 1 is 1.24 bits per heavy atom. The maximum atomic E-state index is 12.6. The summed E-state index contributed by atoms with van der Waals surface area (Å²) in [5.41, 5.74) is 5.13. The first-order chi connectivity index (χ1) is 9.86. The van der Waals surface area contributed by atoms with Crippen molar-refractivity contribution >= 4 is 54.5 Å². The highest BCUT2D eigenvalue weighted by atomic mass is 79.9. The molecule has 1 aromatic rings. The van der Waals surface area contributed by atoms with Crippen LogP contribution >= 0.6 is 39.5 Å². The molecule has 0 amide bonds. The highest BCUT2D eigenvalue weighted by Gasteiger charge is 2.38. The molecule has 0 saturated heterocycles. The van der Waals surface area contributed by atoms with E-state index >= 15 is 0 Å². The van der Waals surface area contributed by atoms with Gasteiger partial charge in [-0.3, -0.25) is 0 Å². The molecule has 21 heavy (non-hydrogen) atoms. The molecule has 0 aromatic carbocycles. The van der Waals surface area contributed by atoms with Crippen LogP contribution in [-0.4, -0.2) is 18.9 Å². The summed E-state index contributed by atoms with van der Waals surface area (Å²) in [5, 5.41) is 0. The van der Waals surface area contributed by atoms with E-state index in [0.717, 1.165) is 29.5 Å². The fraction of sp³-hybridized carbons (Fsp3) is 0.615. The number of thiophene rings is 1. The van der Waals surface area contributed by atoms with E-state index in [-0.39, 0.29) is 9.20 Å². The minimum atomic E-state index is -3.60. The molecule has 1 aromatic heterocycles. The highest BCUT2D eigenvalue weighted by Crippen LogP contribution is 2.31. The van der Waals surface area contributed by atoms with E-state index in [1.165, 1.54) is 17.8 Å². The van der Waals surface area contributed by atoms with E-state index in [1.807, 2.05) is 0 Å². The first kappa shape index (κ1) is 17.3. The third-order valence-electron chi connectivity index (χ3n) is 3.82. The van der Waals surface area contributed by atoms with Gasteiger partial charge in [-0.1, -0.05) is 44.3 Å². The standard InChI is InChI=1S/C13H19BrN2O2S3/c14-10-6-7-11(20-10)21(17,18)16-13(12(15)19)8-4-2-1-3-5-9-13/h6-7,16H,1-5,8-9H2,(H2,15,19). The van der Waals surface area contributed by atoms with Crippen LogP contribution in [0.25, 0.3) is 0 Å². The second kappa shape index (κ2) is 7.04. The average molecular weight is 411 g/mol. The predicted molar refractivity (Wildman–Crippen MR) is 94.2 cm³/mol. The van der Waals surface area contributed by atoms with Crippen molar-refractivity contribution in [3.63, 3.8) is 0 Å². The first-order valence-corrected chi connectivity index (χ1v) is 10.5. The average Bonchev–Trinajstić information content (AvgIpc) is 2.80. The van der Waals surface area contributed by atoms with Crippen LogP contribution in [0.3, 0.4) is 0 Å². The molecule has 1 fully saturated rings. The maximum absolute atomic E-state index is 12.6. The molecule has 4 nitrogen and oxygen atoms in total. The fourth-order valence-corrected chi connectivity index (χ4v) is 6.43. The number of thiocarbonyl (C=S) groups is 1. The van der Waals surface area contributed by atoms with Crippen LogP contribution in [0, 0.1) is 0 Å². The largest absolute Gasteiger partial charge is 0.392 e. The Morgan fingerprint density at radius 2 is 1.81 bits per heavy atom. The van der Waals surface area contributed by atoms with Crippen LogP contribution in [0.5, 0.6) is 0 Å². The van der Waals surface area contributed by atoms with Gasteiger partial charge in [-0.15, -0.1) is 11.3 Å². The molecule has 1 heterocycles.